The first kappa shape index (κ1) is 14.8. The van der Waals surface area contributed by atoms with Crippen molar-refractivity contribution in [1.82, 2.24) is 10.6 Å². The second-order valence-electron chi connectivity index (χ2n) is 5.03. The Labute approximate surface area is 122 Å². The number of carbonyl (C=O) groups excluding carboxylic acids is 1. The molecule has 1 atom stereocenters. The van der Waals surface area contributed by atoms with Gasteiger partial charge < -0.3 is 15.7 Å². The summed E-state index contributed by atoms with van der Waals surface area (Å²) in [4.78, 5) is 12.4. The summed E-state index contributed by atoms with van der Waals surface area (Å²) in [6.45, 7) is 4.54. The Morgan fingerprint density at radius 2 is 2.10 bits per heavy atom. The first-order valence-electron chi connectivity index (χ1n) is 6.76. The van der Waals surface area contributed by atoms with E-state index < -0.39 is 5.60 Å². The maximum absolute atomic E-state index is 11.5. The maximum Gasteiger partial charge on any atom is 0.314 e. The molecular weight excluding hydrogens is 272 g/mol. The molecule has 2 amide bonds. The third-order valence-electron chi connectivity index (χ3n) is 3.09. The summed E-state index contributed by atoms with van der Waals surface area (Å²) in [7, 11) is 0. The van der Waals surface area contributed by atoms with Gasteiger partial charge in [0.05, 0.1) is 6.54 Å². The predicted octanol–water partition coefficient (Wildman–Crippen LogP) is 2.82. The van der Waals surface area contributed by atoms with Crippen molar-refractivity contribution in [3.63, 3.8) is 0 Å². The number of urea groups is 1. The fraction of sp³-hybridized carbons (Fsp3) is 0.400. The molecule has 0 aliphatic heterocycles. The predicted molar refractivity (Wildman–Crippen MR) is 83.1 cm³/mol. The van der Waals surface area contributed by atoms with E-state index >= 15 is 0 Å². The fourth-order valence-corrected chi connectivity index (χ4v) is 2.99. The first-order chi connectivity index (χ1) is 9.53. The molecule has 0 radical (unpaired) electrons. The zero-order chi connectivity index (χ0) is 14.6. The van der Waals surface area contributed by atoms with Crippen molar-refractivity contribution >= 4 is 27.5 Å². The van der Waals surface area contributed by atoms with Gasteiger partial charge in [0.25, 0.3) is 0 Å². The largest absolute Gasteiger partial charge is 0.383 e. The van der Waals surface area contributed by atoms with Crippen molar-refractivity contribution in [2.75, 3.05) is 13.1 Å². The minimum atomic E-state index is -1.06. The van der Waals surface area contributed by atoms with Crippen molar-refractivity contribution in [3.8, 4) is 0 Å². The Kier molecular flexibility index (Phi) is 4.62. The van der Waals surface area contributed by atoms with Crippen LogP contribution in [0.4, 0.5) is 4.79 Å². The lowest BCUT2D eigenvalue weighted by molar-refractivity contribution is 0.0632. The highest BCUT2D eigenvalue weighted by molar-refractivity contribution is 7.19. The number of hydrogen-bond acceptors (Lipinski definition) is 3. The van der Waals surface area contributed by atoms with Crippen LogP contribution in [0.3, 0.4) is 0 Å². The molecule has 4 nitrogen and oxygen atoms in total. The van der Waals surface area contributed by atoms with Crippen LogP contribution in [-0.2, 0) is 5.60 Å². The lowest BCUT2D eigenvalue weighted by atomic mass is 10.0. The Balaban J connectivity index is 2.03. The maximum atomic E-state index is 11.5. The summed E-state index contributed by atoms with van der Waals surface area (Å²) in [5.41, 5.74) is -1.06. The van der Waals surface area contributed by atoms with Gasteiger partial charge in [0.15, 0.2) is 0 Å². The number of amides is 2. The third-order valence-corrected chi connectivity index (χ3v) is 4.45. The summed E-state index contributed by atoms with van der Waals surface area (Å²) in [6.07, 6.45) is 0.889. The van der Waals surface area contributed by atoms with Crippen molar-refractivity contribution in [3.05, 3.63) is 35.2 Å². The molecule has 20 heavy (non-hydrogen) atoms. The quantitative estimate of drug-likeness (QED) is 0.793. The number of aliphatic hydroxyl groups is 1. The molecule has 0 spiro atoms. The number of hydrogen-bond donors (Lipinski definition) is 3. The summed E-state index contributed by atoms with van der Waals surface area (Å²) in [6, 6.07) is 9.74. The van der Waals surface area contributed by atoms with Crippen LogP contribution >= 0.6 is 11.3 Å². The Morgan fingerprint density at radius 3 is 2.80 bits per heavy atom. The summed E-state index contributed by atoms with van der Waals surface area (Å²) < 4.78 is 1.14. The van der Waals surface area contributed by atoms with Gasteiger partial charge in [-0.3, -0.25) is 0 Å². The van der Waals surface area contributed by atoms with Gasteiger partial charge in [-0.05, 0) is 30.9 Å². The van der Waals surface area contributed by atoms with Gasteiger partial charge in [-0.25, -0.2) is 4.79 Å². The van der Waals surface area contributed by atoms with E-state index in [1.54, 1.807) is 18.3 Å². The lowest BCUT2D eigenvalue weighted by Crippen LogP contribution is -2.43. The average molecular weight is 292 g/mol. The summed E-state index contributed by atoms with van der Waals surface area (Å²) in [5.74, 6) is 0. The number of rotatable bonds is 5. The molecule has 1 aromatic heterocycles. The zero-order valence-electron chi connectivity index (χ0n) is 11.8. The van der Waals surface area contributed by atoms with Crippen LogP contribution in [0, 0.1) is 0 Å². The van der Waals surface area contributed by atoms with Gasteiger partial charge in [-0.2, -0.15) is 0 Å². The molecule has 1 heterocycles. The van der Waals surface area contributed by atoms with E-state index in [1.165, 1.54) is 0 Å². The SMILES string of the molecule is CCCNC(=O)NCC(C)(O)c1cc2ccccc2s1. The van der Waals surface area contributed by atoms with E-state index in [1.807, 2.05) is 37.3 Å². The van der Waals surface area contributed by atoms with Gasteiger partial charge >= 0.3 is 6.03 Å². The summed E-state index contributed by atoms with van der Waals surface area (Å²) >= 11 is 1.55. The van der Waals surface area contributed by atoms with Crippen molar-refractivity contribution < 1.29 is 9.90 Å². The molecule has 0 fully saturated rings. The molecule has 2 aromatic rings. The number of thiophene rings is 1. The van der Waals surface area contributed by atoms with E-state index in [2.05, 4.69) is 10.6 Å². The highest BCUT2D eigenvalue weighted by Crippen LogP contribution is 2.32. The molecule has 108 valence electrons. The van der Waals surface area contributed by atoms with E-state index in [-0.39, 0.29) is 12.6 Å². The number of nitrogens with one attached hydrogen (secondary N) is 2. The van der Waals surface area contributed by atoms with Crippen LogP contribution in [0.5, 0.6) is 0 Å². The van der Waals surface area contributed by atoms with Gasteiger partial charge in [0, 0.05) is 16.1 Å². The molecule has 3 N–H and O–H groups in total. The fourth-order valence-electron chi connectivity index (χ4n) is 1.89. The lowest BCUT2D eigenvalue weighted by Gasteiger charge is -2.22. The molecule has 0 saturated carbocycles. The van der Waals surface area contributed by atoms with Crippen LogP contribution in [0.15, 0.2) is 30.3 Å². The minimum Gasteiger partial charge on any atom is -0.383 e. The number of carbonyl (C=O) groups is 1. The Morgan fingerprint density at radius 1 is 1.35 bits per heavy atom. The molecule has 2 rings (SSSR count). The number of fused-ring (bicyclic) bond motifs is 1. The van der Waals surface area contributed by atoms with Crippen LogP contribution in [-0.4, -0.2) is 24.2 Å². The third kappa shape index (κ3) is 3.49. The minimum absolute atomic E-state index is 0.190. The highest BCUT2D eigenvalue weighted by atomic mass is 32.1. The second-order valence-corrected chi connectivity index (χ2v) is 6.12. The molecular formula is C15H20N2O2S. The van der Waals surface area contributed by atoms with Gasteiger partial charge in [-0.15, -0.1) is 11.3 Å². The van der Waals surface area contributed by atoms with E-state index in [4.69, 9.17) is 0 Å². The molecule has 5 heteroatoms. The van der Waals surface area contributed by atoms with Gasteiger partial charge in [-0.1, -0.05) is 25.1 Å². The van der Waals surface area contributed by atoms with Gasteiger partial charge in [0.2, 0.25) is 0 Å². The molecule has 1 unspecified atom stereocenters. The molecule has 0 saturated heterocycles. The van der Waals surface area contributed by atoms with Crippen LogP contribution in [0.2, 0.25) is 0 Å². The van der Waals surface area contributed by atoms with E-state index in [0.29, 0.717) is 6.54 Å². The van der Waals surface area contributed by atoms with Gasteiger partial charge in [0.1, 0.15) is 5.60 Å². The molecule has 0 aliphatic carbocycles. The smallest absolute Gasteiger partial charge is 0.314 e. The van der Waals surface area contributed by atoms with Crippen LogP contribution in [0.1, 0.15) is 25.1 Å². The van der Waals surface area contributed by atoms with Crippen LogP contribution < -0.4 is 10.6 Å². The second kappa shape index (κ2) is 6.24. The van der Waals surface area contributed by atoms with Crippen molar-refractivity contribution in [1.29, 1.82) is 0 Å². The summed E-state index contributed by atoms with van der Waals surface area (Å²) in [5, 5.41) is 17.1. The molecule has 0 bridgehead atoms. The van der Waals surface area contributed by atoms with E-state index in [9.17, 15) is 9.90 Å². The standard InChI is InChI=1S/C15H20N2O2S/c1-3-8-16-14(18)17-10-15(2,19)13-9-11-6-4-5-7-12(11)20-13/h4-7,9,19H,3,8,10H2,1-2H3,(H2,16,17,18). The highest BCUT2D eigenvalue weighted by Gasteiger charge is 2.26. The van der Waals surface area contributed by atoms with Crippen molar-refractivity contribution in [2.45, 2.75) is 25.9 Å². The zero-order valence-corrected chi connectivity index (χ0v) is 12.6. The first-order valence-corrected chi connectivity index (χ1v) is 7.57. The molecule has 1 aromatic carbocycles. The normalized spacial score (nSPS) is 13.9. The van der Waals surface area contributed by atoms with E-state index in [0.717, 1.165) is 21.4 Å². The Bertz CT molecular complexity index is 559. The Hall–Kier alpha value is -1.59. The van der Waals surface area contributed by atoms with Crippen LogP contribution in [0.25, 0.3) is 10.1 Å². The average Bonchev–Trinajstić information content (AvgIpc) is 2.87. The van der Waals surface area contributed by atoms with Crippen molar-refractivity contribution in [2.24, 2.45) is 0 Å². The monoisotopic (exact) mass is 292 g/mol. The molecule has 0 aliphatic rings. The number of benzene rings is 1. The topological polar surface area (TPSA) is 61.4 Å².